The first-order valence-corrected chi connectivity index (χ1v) is 27.0. The van der Waals surface area contributed by atoms with Gasteiger partial charge in [-0.3, -0.25) is 38.4 Å². The van der Waals surface area contributed by atoms with E-state index in [1.165, 1.54) is 16.7 Å². The highest BCUT2D eigenvalue weighted by atomic mass is 32.1. The molecule has 6 unspecified atom stereocenters. The number of hydrogen-bond acceptors (Lipinski definition) is 22. The van der Waals surface area contributed by atoms with E-state index in [1.54, 1.807) is 88.7 Å². The van der Waals surface area contributed by atoms with Crippen LogP contribution in [0.2, 0.25) is 0 Å². The molecule has 0 bridgehead atoms. The second-order valence-corrected chi connectivity index (χ2v) is 20.1. The lowest BCUT2D eigenvalue weighted by Gasteiger charge is -2.27. The summed E-state index contributed by atoms with van der Waals surface area (Å²) in [7, 11) is 0. The van der Waals surface area contributed by atoms with Crippen molar-refractivity contribution in [2.75, 3.05) is 98.3 Å². The van der Waals surface area contributed by atoms with E-state index in [2.05, 4.69) is 50.5 Å². The number of nitrogens with zero attached hydrogens (tertiary/aromatic N) is 4. The number of primary amides is 3. The van der Waals surface area contributed by atoms with Crippen LogP contribution in [0.5, 0.6) is 0 Å². The number of aliphatic hydroxyl groups is 4. The highest BCUT2D eigenvalue weighted by Crippen LogP contribution is 2.32. The summed E-state index contributed by atoms with van der Waals surface area (Å²) in [5.41, 5.74) is 31.2. The summed E-state index contributed by atoms with van der Waals surface area (Å²) >= 11 is 16.3. The van der Waals surface area contributed by atoms with Gasteiger partial charge in [-0.25, -0.2) is 0 Å². The second-order valence-electron chi connectivity index (χ2n) is 17.7. The number of benzene rings is 4. The van der Waals surface area contributed by atoms with Crippen molar-refractivity contribution < 1.29 is 79.2 Å². The van der Waals surface area contributed by atoms with Gasteiger partial charge >= 0.3 is 23.9 Å². The maximum atomic E-state index is 11.4. The van der Waals surface area contributed by atoms with E-state index in [0.29, 0.717) is 60.7 Å². The fourth-order valence-corrected chi connectivity index (χ4v) is 8.43. The molecular weight excluding hydrogens is 1150 g/mol. The number of carboxylic acids is 4. The molecule has 0 spiro atoms. The van der Waals surface area contributed by atoms with Crippen LogP contribution < -0.4 is 48.3 Å². The zero-order valence-electron chi connectivity index (χ0n) is 44.9. The smallest absolute Gasteiger partial charge is 0.323 e. The molecule has 0 radical (unpaired) electrons. The lowest BCUT2D eigenvalue weighted by Crippen LogP contribution is -2.36. The molecule has 0 aliphatic rings. The highest BCUT2D eigenvalue weighted by Gasteiger charge is 2.28. The van der Waals surface area contributed by atoms with E-state index < -0.39 is 74.8 Å². The normalized spacial score (nSPS) is 12.7. The first kappa shape index (κ1) is 73.2. The molecule has 0 heterocycles. The number of carbonyl (C=O) groups is 8. The summed E-state index contributed by atoms with van der Waals surface area (Å²) in [5, 5.41) is 71.1. The number of carboxylic acid groups (broad SMARTS) is 4. The summed E-state index contributed by atoms with van der Waals surface area (Å²) in [5.74, 6) is -6.10. The Balaban J connectivity index is 0.000000547. The van der Waals surface area contributed by atoms with E-state index in [9.17, 15) is 48.6 Å². The minimum atomic E-state index is -1.24. The Kier molecular flexibility index (Phi) is 34.7. The lowest BCUT2D eigenvalue weighted by molar-refractivity contribution is -0.136. The Morgan fingerprint density at radius 3 is 1.01 bits per heavy atom. The number of anilines is 4. The molecule has 0 saturated carbocycles. The van der Waals surface area contributed by atoms with E-state index in [0.717, 1.165) is 16.8 Å². The minimum Gasteiger partial charge on any atom is -0.480 e. The number of hydrogen-bond donors (Lipinski definition) is 17. The van der Waals surface area contributed by atoms with Crippen LogP contribution in [0.25, 0.3) is 0 Å². The van der Waals surface area contributed by atoms with Crippen LogP contribution >= 0.6 is 50.5 Å². The van der Waals surface area contributed by atoms with Gasteiger partial charge in [0.15, 0.2) is 0 Å². The van der Waals surface area contributed by atoms with Crippen LogP contribution in [0, 0.1) is 0 Å². The van der Waals surface area contributed by atoms with E-state index >= 15 is 0 Å². The number of Topliss-reactive ketones (excluding diaryl/α,β-unsaturated/α-hetero) is 1. The van der Waals surface area contributed by atoms with E-state index in [4.69, 9.17) is 59.3 Å². The van der Waals surface area contributed by atoms with Crippen LogP contribution in [-0.4, -0.2) is 188 Å². The van der Waals surface area contributed by atoms with Crippen molar-refractivity contribution in [1.29, 1.82) is 0 Å². The number of thiol groups is 4. The molecule has 4 aromatic rings. The lowest BCUT2D eigenvalue weighted by atomic mass is 10.0. The minimum absolute atomic E-state index is 0.105. The molecule has 29 heteroatoms. The van der Waals surface area contributed by atoms with Gasteiger partial charge in [-0.1, -0.05) is 72.8 Å². The fraction of sp³-hybridized carbons (Fsp3) is 0.396. The maximum absolute atomic E-state index is 11.4. The Labute approximate surface area is 496 Å². The summed E-state index contributed by atoms with van der Waals surface area (Å²) in [6.07, 6.45) is -1.75. The zero-order valence-corrected chi connectivity index (χ0v) is 48.5. The van der Waals surface area contributed by atoms with Crippen LogP contribution in [0.4, 0.5) is 22.7 Å². The van der Waals surface area contributed by atoms with Gasteiger partial charge < -0.3 is 89.1 Å². The van der Waals surface area contributed by atoms with Crippen molar-refractivity contribution in [1.82, 2.24) is 0 Å². The topological polar surface area (TPSA) is 441 Å². The number of ketones is 1. The van der Waals surface area contributed by atoms with Crippen molar-refractivity contribution in [3.63, 3.8) is 0 Å². The Morgan fingerprint density at radius 1 is 0.439 bits per heavy atom. The third-order valence-corrected chi connectivity index (χ3v) is 13.5. The van der Waals surface area contributed by atoms with Crippen molar-refractivity contribution in [3.8, 4) is 0 Å². The van der Waals surface area contributed by atoms with Crippen LogP contribution in [0.3, 0.4) is 0 Å². The predicted molar refractivity (Wildman–Crippen MR) is 324 cm³/mol. The molecule has 4 rings (SSSR count). The van der Waals surface area contributed by atoms with Crippen molar-refractivity contribution in [2.24, 2.45) is 28.7 Å². The molecule has 452 valence electrons. The van der Waals surface area contributed by atoms with Gasteiger partial charge in [0.2, 0.25) is 17.7 Å². The average Bonchev–Trinajstić information content (AvgIpc) is 3.47. The van der Waals surface area contributed by atoms with Crippen molar-refractivity contribution in [2.45, 2.75) is 53.0 Å². The molecule has 0 saturated heterocycles. The van der Waals surface area contributed by atoms with Gasteiger partial charge in [-0.15, -0.1) is 0 Å². The molecular formula is C53H75N9O16S4. The number of aliphatic hydroxyl groups excluding tert-OH is 4. The van der Waals surface area contributed by atoms with Gasteiger partial charge in [0.25, 0.3) is 0 Å². The van der Waals surface area contributed by atoms with Crippen LogP contribution in [0.15, 0.2) is 97.1 Å². The number of rotatable bonds is 32. The van der Waals surface area contributed by atoms with E-state index in [-0.39, 0.29) is 64.8 Å². The first-order valence-electron chi connectivity index (χ1n) is 25.0. The number of para-hydroxylation sites is 4. The number of amides is 3. The molecule has 0 fully saturated rings. The molecule has 82 heavy (non-hydrogen) atoms. The molecule has 18 N–H and O–H groups in total. The van der Waals surface area contributed by atoms with E-state index in [1.807, 2.05) is 18.2 Å². The standard InChI is InChI=1S/C14H19NO5S.C13H19N3O4S.C13H19N3O3S.C13H18N2O4S/c1-9(17)14(21)13(20)10-4-2-3-5-11(10)15(6-7-16)8-12(18)19;14-5-6-16(7-10(17)18)9-4-2-1-3-8(9)11(19)12(21)13(15)20;14-5-6-16(8-12(17)18)10-4-2-1-3-9(10)7-11(20)13(15)19;14-13(19)11(20)7-9-3-1-2-4-10(9)15(5-6-16)8-12(17)18/h2-5,13-14,16,20-21H,6-8H2,1H3,(H,18,19);1-4,11-12,19,21H,5-7,14H2,(H2,15,20)(H,17,18);1-4,11,20H,5-8,14H2,(H2,15,19)(H,17,18);1-4,11,16,20H,5-8H2,(H2,14,19)(H,17,18). The van der Waals surface area contributed by atoms with Gasteiger partial charge in [-0.2, -0.15) is 50.5 Å². The maximum Gasteiger partial charge on any atom is 0.323 e. The van der Waals surface area contributed by atoms with Gasteiger partial charge in [0, 0.05) is 73.1 Å². The number of nitrogens with two attached hydrogens (primary N) is 5. The molecule has 25 nitrogen and oxygen atoms in total. The van der Waals surface area contributed by atoms with Gasteiger partial charge in [0.1, 0.15) is 43.3 Å². The molecule has 0 aromatic heterocycles. The molecule has 3 amide bonds. The number of aliphatic carboxylic acids is 4. The SMILES string of the molecule is CC(=O)C(S)C(O)c1ccccc1N(CCO)CC(=O)O.NC(=O)C(S)Cc1ccccc1N(CCO)CC(=O)O.NCCN(CC(=O)O)c1ccccc1C(O)C(S)C(N)=O.NCCN(CC(=O)O)c1ccccc1CC(S)C(N)=O. The van der Waals surface area contributed by atoms with Crippen molar-refractivity contribution >= 4 is 121 Å². The second kappa shape index (κ2) is 38.8. The predicted octanol–water partition coefficient (Wildman–Crippen LogP) is -0.397. The third kappa shape index (κ3) is 26.0. The first-order chi connectivity index (χ1) is 38.7. The Hall–Kier alpha value is -6.80. The Bertz CT molecular complexity index is 2520. The third-order valence-electron chi connectivity index (χ3n) is 11.5. The fourth-order valence-electron chi connectivity index (χ4n) is 7.72. The van der Waals surface area contributed by atoms with Crippen LogP contribution in [0.1, 0.15) is 41.4 Å². The quantitative estimate of drug-likeness (QED) is 0.0277. The summed E-state index contributed by atoms with van der Waals surface area (Å²) in [6, 6.07) is 27.6. The molecule has 0 aliphatic heterocycles. The van der Waals surface area contributed by atoms with Crippen molar-refractivity contribution in [3.05, 3.63) is 119 Å². The van der Waals surface area contributed by atoms with Crippen LogP contribution in [-0.2, 0) is 51.2 Å². The summed E-state index contributed by atoms with van der Waals surface area (Å²) in [6.45, 7) is 1.55. The average molecular weight is 1220 g/mol. The Morgan fingerprint density at radius 2 is 0.720 bits per heavy atom. The molecule has 0 aliphatic carbocycles. The van der Waals surface area contributed by atoms with Gasteiger partial charge in [0.05, 0.1) is 35.1 Å². The van der Waals surface area contributed by atoms with Gasteiger partial charge in [-0.05, 0) is 55.2 Å². The molecule has 4 aromatic carbocycles. The monoisotopic (exact) mass is 1220 g/mol. The molecule has 6 atom stereocenters. The largest absolute Gasteiger partial charge is 0.480 e. The zero-order chi connectivity index (χ0) is 62.2. The highest BCUT2D eigenvalue weighted by molar-refractivity contribution is 7.82. The summed E-state index contributed by atoms with van der Waals surface area (Å²) in [4.78, 5) is 94.6. The number of carbonyl (C=O) groups excluding carboxylic acids is 4. The summed E-state index contributed by atoms with van der Waals surface area (Å²) < 4.78 is 0.